The fourth-order valence-electron chi connectivity index (χ4n) is 1.92. The zero-order valence-electron chi connectivity index (χ0n) is 12.3. The summed E-state index contributed by atoms with van der Waals surface area (Å²) in [7, 11) is 1.90. The molecule has 0 radical (unpaired) electrons. The van der Waals surface area contributed by atoms with Crippen LogP contribution < -0.4 is 0 Å². The molecule has 0 aromatic heterocycles. The molecule has 1 aliphatic heterocycles. The van der Waals surface area contributed by atoms with Crippen molar-refractivity contribution in [2.24, 2.45) is 10.1 Å². The summed E-state index contributed by atoms with van der Waals surface area (Å²) in [6, 6.07) is 7.76. The molecule has 0 N–H and O–H groups in total. The fourth-order valence-corrected chi connectivity index (χ4v) is 2.80. The minimum Gasteiger partial charge on any atom is -0.300 e. The second-order valence-corrected chi connectivity index (χ2v) is 6.23. The van der Waals surface area contributed by atoms with Gasteiger partial charge < -0.3 is 0 Å². The summed E-state index contributed by atoms with van der Waals surface area (Å²) in [5.41, 5.74) is 2.90. The maximum absolute atomic E-state index is 11.3. The summed E-state index contributed by atoms with van der Waals surface area (Å²) in [5.74, 6) is 0.143. The van der Waals surface area contributed by atoms with Crippen molar-refractivity contribution in [2.75, 3.05) is 7.05 Å². The number of hydrogen-bond acceptors (Lipinski definition) is 4. The Bertz CT molecular complexity index is 580. The van der Waals surface area contributed by atoms with Crippen molar-refractivity contribution < 1.29 is 4.79 Å². The lowest BCUT2D eigenvalue weighted by Crippen LogP contribution is -2.30. The highest BCUT2D eigenvalue weighted by molar-refractivity contribution is 8.15. The van der Waals surface area contributed by atoms with Gasteiger partial charge in [-0.1, -0.05) is 30.0 Å². The van der Waals surface area contributed by atoms with Gasteiger partial charge in [0.1, 0.15) is 5.78 Å². The van der Waals surface area contributed by atoms with E-state index in [2.05, 4.69) is 17.0 Å². The molecule has 0 spiro atoms. The molecule has 106 valence electrons. The van der Waals surface area contributed by atoms with Crippen LogP contribution in [0.3, 0.4) is 0 Å². The van der Waals surface area contributed by atoms with Gasteiger partial charge in [-0.15, -0.1) is 0 Å². The van der Waals surface area contributed by atoms with Gasteiger partial charge in [0.25, 0.3) is 0 Å². The van der Waals surface area contributed by atoms with Crippen LogP contribution in [-0.4, -0.2) is 34.0 Å². The molecule has 1 aromatic rings. The molecule has 2 rings (SSSR count). The lowest BCUT2D eigenvalue weighted by molar-refractivity contribution is -0.116. The molecule has 5 heteroatoms. The molecule has 0 saturated heterocycles. The predicted molar refractivity (Wildman–Crippen MR) is 85.8 cm³/mol. The van der Waals surface area contributed by atoms with Crippen molar-refractivity contribution in [3.05, 3.63) is 29.8 Å². The van der Waals surface area contributed by atoms with Crippen LogP contribution >= 0.6 is 11.8 Å². The van der Waals surface area contributed by atoms with Crippen LogP contribution in [0.2, 0.25) is 0 Å². The van der Waals surface area contributed by atoms with Gasteiger partial charge in [0, 0.05) is 24.4 Å². The van der Waals surface area contributed by atoms with Crippen LogP contribution in [0.1, 0.15) is 26.3 Å². The van der Waals surface area contributed by atoms with Gasteiger partial charge in [-0.25, -0.2) is 10.0 Å². The van der Waals surface area contributed by atoms with E-state index in [0.29, 0.717) is 11.7 Å². The Kier molecular flexibility index (Phi) is 4.60. The first kappa shape index (κ1) is 14.8. The number of thioether (sulfide) groups is 1. The third-order valence-electron chi connectivity index (χ3n) is 3.10. The predicted octanol–water partition coefficient (Wildman–Crippen LogP) is 3.25. The molecule has 1 heterocycles. The largest absolute Gasteiger partial charge is 0.300 e. The van der Waals surface area contributed by atoms with Gasteiger partial charge in [-0.05, 0) is 32.4 Å². The second-order valence-electron chi connectivity index (χ2n) is 4.93. The molecule has 4 nitrogen and oxygen atoms in total. The first-order valence-corrected chi connectivity index (χ1v) is 7.47. The summed E-state index contributed by atoms with van der Waals surface area (Å²) in [6.07, 6.45) is 0.416. The first-order valence-electron chi connectivity index (χ1n) is 6.59. The number of nitrogens with zero attached hydrogens (tertiary/aromatic N) is 3. The Balaban J connectivity index is 2.33. The molecular weight excluding hydrogens is 270 g/mol. The topological polar surface area (TPSA) is 45.0 Å². The van der Waals surface area contributed by atoms with Crippen LogP contribution in [0.4, 0.5) is 5.69 Å². The number of carbonyl (C=O) groups is 1. The number of aliphatic imine (C=N–C) groups is 1. The second kappa shape index (κ2) is 6.22. The van der Waals surface area contributed by atoms with Crippen LogP contribution in [0.25, 0.3) is 0 Å². The van der Waals surface area contributed by atoms with E-state index in [-0.39, 0.29) is 5.78 Å². The number of hydrazone groups is 1. The molecule has 0 aliphatic carbocycles. The fraction of sp³-hybridized carbons (Fsp3) is 0.400. The zero-order chi connectivity index (χ0) is 14.7. The summed E-state index contributed by atoms with van der Waals surface area (Å²) in [6.45, 7) is 5.74. The van der Waals surface area contributed by atoms with Crippen LogP contribution in [0.15, 0.2) is 34.4 Å². The number of hydrogen-bond donors (Lipinski definition) is 0. The van der Waals surface area contributed by atoms with E-state index in [4.69, 9.17) is 0 Å². The van der Waals surface area contributed by atoms with Crippen molar-refractivity contribution in [3.63, 3.8) is 0 Å². The van der Waals surface area contributed by atoms with E-state index in [1.807, 2.05) is 38.2 Å². The highest BCUT2D eigenvalue weighted by atomic mass is 32.2. The maximum Gasteiger partial charge on any atom is 0.185 e. The van der Waals surface area contributed by atoms with Crippen LogP contribution in [0.5, 0.6) is 0 Å². The van der Waals surface area contributed by atoms with E-state index in [9.17, 15) is 4.79 Å². The smallest absolute Gasteiger partial charge is 0.185 e. The van der Waals surface area contributed by atoms with Crippen molar-refractivity contribution >= 4 is 34.1 Å². The molecule has 0 amide bonds. The standard InChI is InChI=1S/C15H19N3OS/c1-10(19)9-13-7-5-6-8-14(13)16-15-18(4)17-11(2)12(3)20-15/h5-8,12H,9H2,1-4H3. The average molecular weight is 289 g/mol. The van der Waals surface area contributed by atoms with Gasteiger partial charge >= 0.3 is 0 Å². The van der Waals surface area contributed by atoms with E-state index in [1.165, 1.54) is 0 Å². The summed E-state index contributed by atoms with van der Waals surface area (Å²) >= 11 is 1.69. The SMILES string of the molecule is CC(=O)Cc1ccccc1N=C1SC(C)C(C)=NN1C. The highest BCUT2D eigenvalue weighted by Gasteiger charge is 2.21. The van der Waals surface area contributed by atoms with Gasteiger partial charge in [0.2, 0.25) is 0 Å². The monoisotopic (exact) mass is 289 g/mol. The van der Waals surface area contributed by atoms with Gasteiger partial charge in [-0.2, -0.15) is 5.10 Å². The van der Waals surface area contributed by atoms with Gasteiger partial charge in [0.15, 0.2) is 5.17 Å². The number of ketones is 1. The molecule has 0 fully saturated rings. The Morgan fingerprint density at radius 1 is 1.45 bits per heavy atom. The van der Waals surface area contributed by atoms with Gasteiger partial charge in [0.05, 0.1) is 5.69 Å². The van der Waals surface area contributed by atoms with Crippen molar-refractivity contribution in [2.45, 2.75) is 32.4 Å². The molecule has 1 aliphatic rings. The summed E-state index contributed by atoms with van der Waals surface area (Å²) in [4.78, 5) is 16.0. The van der Waals surface area contributed by atoms with Crippen molar-refractivity contribution in [3.8, 4) is 0 Å². The molecule has 0 bridgehead atoms. The molecule has 20 heavy (non-hydrogen) atoms. The third-order valence-corrected chi connectivity index (χ3v) is 4.36. The molecular formula is C15H19N3OS. The van der Waals surface area contributed by atoms with Gasteiger partial charge in [-0.3, -0.25) is 4.79 Å². The third kappa shape index (κ3) is 3.48. The van der Waals surface area contributed by atoms with Crippen LogP contribution in [0, 0.1) is 0 Å². The molecule has 0 saturated carbocycles. The van der Waals surface area contributed by atoms with Crippen LogP contribution in [-0.2, 0) is 11.2 Å². The number of amidine groups is 1. The number of Topliss-reactive ketones (excluding diaryl/α,β-unsaturated/α-hetero) is 1. The number of para-hydroxylation sites is 1. The maximum atomic E-state index is 11.3. The normalized spacial score (nSPS) is 21.0. The van der Waals surface area contributed by atoms with E-state index >= 15 is 0 Å². The Hall–Kier alpha value is -1.62. The van der Waals surface area contributed by atoms with E-state index in [0.717, 1.165) is 22.1 Å². The Morgan fingerprint density at radius 3 is 2.85 bits per heavy atom. The molecule has 1 aromatic carbocycles. The lowest BCUT2D eigenvalue weighted by atomic mass is 10.1. The first-order chi connectivity index (χ1) is 9.47. The molecule has 1 atom stereocenters. The molecule has 1 unspecified atom stereocenters. The minimum atomic E-state index is 0.143. The zero-order valence-corrected chi connectivity index (χ0v) is 13.1. The number of carbonyl (C=O) groups excluding carboxylic acids is 1. The van der Waals surface area contributed by atoms with E-state index < -0.39 is 0 Å². The van der Waals surface area contributed by atoms with Crippen molar-refractivity contribution in [1.82, 2.24) is 5.01 Å². The van der Waals surface area contributed by atoms with Crippen molar-refractivity contribution in [1.29, 1.82) is 0 Å². The highest BCUT2D eigenvalue weighted by Crippen LogP contribution is 2.27. The Morgan fingerprint density at radius 2 is 2.15 bits per heavy atom. The summed E-state index contributed by atoms with van der Waals surface area (Å²) in [5, 5.41) is 7.44. The van der Waals surface area contributed by atoms with E-state index in [1.54, 1.807) is 23.7 Å². The number of rotatable bonds is 3. The average Bonchev–Trinajstić information content (AvgIpc) is 2.37. The quantitative estimate of drug-likeness (QED) is 0.858. The summed E-state index contributed by atoms with van der Waals surface area (Å²) < 4.78 is 0. The lowest BCUT2D eigenvalue weighted by Gasteiger charge is -2.25. The minimum absolute atomic E-state index is 0.143. The Labute approximate surface area is 124 Å². The number of benzene rings is 1.